The lowest BCUT2D eigenvalue weighted by Gasteiger charge is -2.08. The third-order valence-electron chi connectivity index (χ3n) is 4.15. The van der Waals surface area contributed by atoms with Crippen molar-refractivity contribution in [2.24, 2.45) is 0 Å². The van der Waals surface area contributed by atoms with Gasteiger partial charge in [-0.2, -0.15) is 0 Å². The Hall–Kier alpha value is -3.67. The van der Waals surface area contributed by atoms with E-state index in [0.717, 1.165) is 10.8 Å². The number of ether oxygens (including phenoxy) is 2. The average Bonchev–Trinajstić information content (AvgIpc) is 2.75. The van der Waals surface area contributed by atoms with E-state index >= 15 is 0 Å². The Bertz CT molecular complexity index is 1030. The summed E-state index contributed by atoms with van der Waals surface area (Å²) in [6.07, 6.45) is 0. The summed E-state index contributed by atoms with van der Waals surface area (Å²) < 4.78 is 9.80. The number of benzene rings is 3. The monoisotopic (exact) mass is 377 g/mol. The lowest BCUT2D eigenvalue weighted by molar-refractivity contribution is -0.143. The van der Waals surface area contributed by atoms with Crippen molar-refractivity contribution in [2.75, 3.05) is 13.7 Å². The number of hydrogen-bond acceptors (Lipinski definition) is 5. The van der Waals surface area contributed by atoms with Gasteiger partial charge in [-0.05, 0) is 40.6 Å². The zero-order valence-corrected chi connectivity index (χ0v) is 15.3. The van der Waals surface area contributed by atoms with Crippen molar-refractivity contribution in [2.45, 2.75) is 6.61 Å². The van der Waals surface area contributed by atoms with E-state index in [0.29, 0.717) is 16.7 Å². The zero-order chi connectivity index (χ0) is 19.9. The number of rotatable bonds is 6. The number of hydrogen-bond donors (Lipinski definition) is 1. The highest BCUT2D eigenvalue weighted by Gasteiger charge is 2.11. The molecule has 3 rings (SSSR count). The van der Waals surface area contributed by atoms with Crippen LogP contribution in [0, 0.1) is 0 Å². The predicted molar refractivity (Wildman–Crippen MR) is 104 cm³/mol. The topological polar surface area (TPSA) is 81.7 Å². The van der Waals surface area contributed by atoms with E-state index in [9.17, 15) is 14.4 Å². The normalized spacial score (nSPS) is 10.3. The number of fused-ring (bicyclic) bond motifs is 1. The second-order valence-corrected chi connectivity index (χ2v) is 6.10. The molecule has 0 fully saturated rings. The first-order valence-electron chi connectivity index (χ1n) is 8.66. The van der Waals surface area contributed by atoms with Gasteiger partial charge in [0.05, 0.1) is 12.7 Å². The van der Waals surface area contributed by atoms with Crippen molar-refractivity contribution in [1.82, 2.24) is 5.32 Å². The van der Waals surface area contributed by atoms with Gasteiger partial charge in [0.2, 0.25) is 0 Å². The molecule has 0 heterocycles. The molecule has 1 amide bonds. The summed E-state index contributed by atoms with van der Waals surface area (Å²) >= 11 is 0. The molecule has 0 bridgehead atoms. The van der Waals surface area contributed by atoms with Crippen LogP contribution in [0.3, 0.4) is 0 Å². The molecule has 3 aromatic carbocycles. The molecule has 0 saturated heterocycles. The molecule has 0 saturated carbocycles. The van der Waals surface area contributed by atoms with E-state index in [2.05, 4.69) is 10.1 Å². The first kappa shape index (κ1) is 19.1. The lowest BCUT2D eigenvalue weighted by Crippen LogP contribution is -2.30. The standard InChI is InChI=1S/C22H19NO5/c1-27-22(26)19-8-4-5-15(11-19)14-28-20(24)13-23-21(25)18-10-9-16-6-2-3-7-17(16)12-18/h2-12H,13-14H2,1H3,(H,23,25). The molecule has 0 aliphatic heterocycles. The molecule has 0 aliphatic rings. The minimum absolute atomic E-state index is 0.00445. The molecular formula is C22H19NO5. The van der Waals surface area contributed by atoms with Gasteiger partial charge in [0.25, 0.3) is 5.91 Å². The Morgan fingerprint density at radius 1 is 0.857 bits per heavy atom. The van der Waals surface area contributed by atoms with E-state index in [-0.39, 0.29) is 19.1 Å². The van der Waals surface area contributed by atoms with Gasteiger partial charge in [0, 0.05) is 5.56 Å². The second kappa shape index (κ2) is 8.81. The molecule has 0 spiro atoms. The molecule has 3 aromatic rings. The fourth-order valence-corrected chi connectivity index (χ4v) is 2.71. The maximum absolute atomic E-state index is 12.2. The van der Waals surface area contributed by atoms with Gasteiger partial charge in [-0.3, -0.25) is 9.59 Å². The van der Waals surface area contributed by atoms with Crippen LogP contribution in [0.4, 0.5) is 0 Å². The summed E-state index contributed by atoms with van der Waals surface area (Å²) in [5.41, 5.74) is 1.50. The number of nitrogens with one attached hydrogen (secondary N) is 1. The molecule has 6 heteroatoms. The molecule has 0 radical (unpaired) electrons. The molecule has 0 aliphatic carbocycles. The summed E-state index contributed by atoms with van der Waals surface area (Å²) in [4.78, 5) is 35.7. The Balaban J connectivity index is 1.52. The maximum atomic E-state index is 12.2. The fraction of sp³-hybridized carbons (Fsp3) is 0.136. The third kappa shape index (κ3) is 4.73. The largest absolute Gasteiger partial charge is 0.465 e. The summed E-state index contributed by atoms with van der Waals surface area (Å²) in [5.74, 6) is -1.39. The van der Waals surface area contributed by atoms with Crippen LogP contribution >= 0.6 is 0 Å². The Labute approximate surface area is 162 Å². The van der Waals surface area contributed by atoms with Gasteiger partial charge in [0.15, 0.2) is 0 Å². The van der Waals surface area contributed by atoms with Crippen LogP contribution in [0.1, 0.15) is 26.3 Å². The van der Waals surface area contributed by atoms with Crippen LogP contribution < -0.4 is 5.32 Å². The van der Waals surface area contributed by atoms with Crippen molar-refractivity contribution in [3.05, 3.63) is 83.4 Å². The van der Waals surface area contributed by atoms with Crippen LogP contribution in [0.2, 0.25) is 0 Å². The van der Waals surface area contributed by atoms with Crippen molar-refractivity contribution in [1.29, 1.82) is 0 Å². The highest BCUT2D eigenvalue weighted by Crippen LogP contribution is 2.15. The molecular weight excluding hydrogens is 358 g/mol. The Morgan fingerprint density at radius 2 is 1.64 bits per heavy atom. The van der Waals surface area contributed by atoms with Gasteiger partial charge in [0.1, 0.15) is 13.2 Å². The highest BCUT2D eigenvalue weighted by molar-refractivity contribution is 5.99. The third-order valence-corrected chi connectivity index (χ3v) is 4.15. The Kier molecular flexibility index (Phi) is 6.01. The number of methoxy groups -OCH3 is 1. The van der Waals surface area contributed by atoms with Gasteiger partial charge in [-0.1, -0.05) is 42.5 Å². The second-order valence-electron chi connectivity index (χ2n) is 6.10. The molecule has 0 aromatic heterocycles. The Morgan fingerprint density at radius 3 is 2.43 bits per heavy atom. The summed E-state index contributed by atoms with van der Waals surface area (Å²) in [5, 5.41) is 4.53. The first-order chi connectivity index (χ1) is 13.6. The minimum Gasteiger partial charge on any atom is -0.465 e. The highest BCUT2D eigenvalue weighted by atomic mass is 16.5. The quantitative estimate of drug-likeness (QED) is 0.668. The lowest BCUT2D eigenvalue weighted by atomic mass is 10.1. The number of carbonyl (C=O) groups excluding carboxylic acids is 3. The van der Waals surface area contributed by atoms with Crippen LogP contribution in [-0.2, 0) is 20.9 Å². The van der Waals surface area contributed by atoms with Crippen LogP contribution in [0.15, 0.2) is 66.7 Å². The van der Waals surface area contributed by atoms with Crippen LogP contribution in [-0.4, -0.2) is 31.5 Å². The molecule has 28 heavy (non-hydrogen) atoms. The number of amides is 1. The van der Waals surface area contributed by atoms with Gasteiger partial charge < -0.3 is 14.8 Å². The van der Waals surface area contributed by atoms with Gasteiger partial charge in [-0.25, -0.2) is 4.79 Å². The van der Waals surface area contributed by atoms with E-state index < -0.39 is 11.9 Å². The summed E-state index contributed by atoms with van der Waals surface area (Å²) in [6, 6.07) is 19.7. The van der Waals surface area contributed by atoms with Gasteiger partial charge >= 0.3 is 11.9 Å². The van der Waals surface area contributed by atoms with Crippen molar-refractivity contribution >= 4 is 28.6 Å². The van der Waals surface area contributed by atoms with Crippen molar-refractivity contribution < 1.29 is 23.9 Å². The molecule has 1 N–H and O–H groups in total. The maximum Gasteiger partial charge on any atom is 0.337 e. The summed E-state index contributed by atoms with van der Waals surface area (Å²) in [7, 11) is 1.30. The first-order valence-corrected chi connectivity index (χ1v) is 8.66. The van der Waals surface area contributed by atoms with Crippen LogP contribution in [0.25, 0.3) is 10.8 Å². The molecule has 6 nitrogen and oxygen atoms in total. The average molecular weight is 377 g/mol. The molecule has 0 unspecified atom stereocenters. The molecule has 142 valence electrons. The van der Waals surface area contributed by atoms with E-state index in [1.807, 2.05) is 30.3 Å². The zero-order valence-electron chi connectivity index (χ0n) is 15.3. The number of esters is 2. The minimum atomic E-state index is -0.572. The smallest absolute Gasteiger partial charge is 0.337 e. The SMILES string of the molecule is COC(=O)c1cccc(COC(=O)CNC(=O)c2ccc3ccccc3c2)c1. The van der Waals surface area contributed by atoms with E-state index in [4.69, 9.17) is 4.74 Å². The van der Waals surface area contributed by atoms with Crippen molar-refractivity contribution in [3.8, 4) is 0 Å². The number of carbonyl (C=O) groups is 3. The van der Waals surface area contributed by atoms with E-state index in [1.54, 1.807) is 36.4 Å². The predicted octanol–water partition coefficient (Wildman–Crippen LogP) is 3.10. The van der Waals surface area contributed by atoms with Crippen LogP contribution in [0.5, 0.6) is 0 Å². The van der Waals surface area contributed by atoms with E-state index in [1.165, 1.54) is 7.11 Å². The summed E-state index contributed by atoms with van der Waals surface area (Å²) in [6.45, 7) is -0.252. The fourth-order valence-electron chi connectivity index (χ4n) is 2.71. The molecule has 0 atom stereocenters. The van der Waals surface area contributed by atoms with Gasteiger partial charge in [-0.15, -0.1) is 0 Å². The van der Waals surface area contributed by atoms with Crippen molar-refractivity contribution in [3.63, 3.8) is 0 Å².